The van der Waals surface area contributed by atoms with Crippen LogP contribution in [0.1, 0.15) is 18.4 Å². The first-order valence-corrected chi connectivity index (χ1v) is 8.02. The average molecular weight is 307 g/mol. The van der Waals surface area contributed by atoms with Crippen molar-refractivity contribution in [3.63, 3.8) is 0 Å². The molecule has 2 amide bonds. The maximum Gasteiger partial charge on any atom is 0.232 e. The zero-order chi connectivity index (χ0) is 15.4. The van der Waals surface area contributed by atoms with Gasteiger partial charge in [-0.2, -0.15) is 0 Å². The van der Waals surface area contributed by atoms with Crippen molar-refractivity contribution in [3.05, 3.63) is 23.8 Å². The highest BCUT2D eigenvalue weighted by Gasteiger charge is 2.26. The van der Waals surface area contributed by atoms with E-state index in [2.05, 4.69) is 0 Å². The van der Waals surface area contributed by atoms with Crippen LogP contribution in [0.5, 0.6) is 0 Å². The van der Waals surface area contributed by atoms with Crippen molar-refractivity contribution < 1.29 is 9.59 Å². The minimum Gasteiger partial charge on any atom is -0.398 e. The summed E-state index contributed by atoms with van der Waals surface area (Å²) in [4.78, 5) is 26.2. The minimum atomic E-state index is -0.317. The van der Waals surface area contributed by atoms with Crippen LogP contribution in [0.25, 0.3) is 0 Å². The van der Waals surface area contributed by atoms with Crippen LogP contribution in [0, 0.1) is 12.8 Å². The lowest BCUT2D eigenvalue weighted by atomic mass is 9.97. The third-order valence-electron chi connectivity index (χ3n) is 3.70. The smallest absolute Gasteiger partial charge is 0.232 e. The van der Waals surface area contributed by atoms with Crippen molar-refractivity contribution in [1.29, 1.82) is 0 Å². The molecule has 1 saturated heterocycles. The van der Waals surface area contributed by atoms with E-state index in [-0.39, 0.29) is 17.7 Å². The van der Waals surface area contributed by atoms with Gasteiger partial charge in [0.05, 0.1) is 11.7 Å². The Morgan fingerprint density at radius 3 is 2.90 bits per heavy atom. The van der Waals surface area contributed by atoms with Gasteiger partial charge < -0.3 is 16.4 Å². The van der Waals surface area contributed by atoms with Crippen molar-refractivity contribution in [2.45, 2.75) is 24.7 Å². The highest BCUT2D eigenvalue weighted by molar-refractivity contribution is 8.00. The normalized spacial score (nSPS) is 18.5. The number of nitrogens with two attached hydrogens (primary N) is 2. The molecular formula is C15H21N3O2S. The summed E-state index contributed by atoms with van der Waals surface area (Å²) >= 11 is 1.44. The first-order chi connectivity index (χ1) is 9.97. The predicted molar refractivity (Wildman–Crippen MR) is 84.8 cm³/mol. The van der Waals surface area contributed by atoms with Crippen LogP contribution in [-0.4, -0.2) is 35.6 Å². The standard InChI is InChI=1S/C15H21N3O2S/c1-10-4-5-12(16)13(7-10)21-9-14(19)18-6-2-3-11(8-18)15(17)20/h4-5,7,11H,2-3,6,8-9,16H2,1H3,(H2,17,20). The molecule has 21 heavy (non-hydrogen) atoms. The molecule has 0 bridgehead atoms. The van der Waals surface area contributed by atoms with Gasteiger partial charge >= 0.3 is 0 Å². The third-order valence-corrected chi connectivity index (χ3v) is 4.75. The second kappa shape index (κ2) is 6.85. The molecule has 114 valence electrons. The number of aryl methyl sites for hydroxylation is 1. The number of benzene rings is 1. The van der Waals surface area contributed by atoms with Gasteiger partial charge in [0.1, 0.15) is 0 Å². The molecule has 4 N–H and O–H groups in total. The highest BCUT2D eigenvalue weighted by Crippen LogP contribution is 2.27. The van der Waals surface area contributed by atoms with Gasteiger partial charge in [-0.1, -0.05) is 6.07 Å². The molecule has 0 saturated carbocycles. The molecule has 1 aromatic carbocycles. The summed E-state index contributed by atoms with van der Waals surface area (Å²) in [5, 5.41) is 0. The number of primary amides is 1. The predicted octanol–water partition coefficient (Wildman–Crippen LogP) is 1.39. The molecule has 1 heterocycles. The molecule has 1 aliphatic heterocycles. The van der Waals surface area contributed by atoms with E-state index in [1.165, 1.54) is 11.8 Å². The largest absolute Gasteiger partial charge is 0.398 e. The van der Waals surface area contributed by atoms with Crippen molar-refractivity contribution >= 4 is 29.3 Å². The van der Waals surface area contributed by atoms with E-state index < -0.39 is 0 Å². The lowest BCUT2D eigenvalue weighted by molar-refractivity contribution is -0.132. The molecule has 6 heteroatoms. The van der Waals surface area contributed by atoms with E-state index >= 15 is 0 Å². The van der Waals surface area contributed by atoms with Crippen LogP contribution in [0.3, 0.4) is 0 Å². The summed E-state index contributed by atoms with van der Waals surface area (Å²) in [6.45, 7) is 3.14. The number of rotatable bonds is 4. The topological polar surface area (TPSA) is 89.4 Å². The number of anilines is 1. The number of hydrogen-bond donors (Lipinski definition) is 2. The molecule has 0 radical (unpaired) electrons. The highest BCUT2D eigenvalue weighted by atomic mass is 32.2. The van der Waals surface area contributed by atoms with Gasteiger partial charge in [-0.15, -0.1) is 11.8 Å². The molecule has 1 aromatic rings. The summed E-state index contributed by atoms with van der Waals surface area (Å²) < 4.78 is 0. The van der Waals surface area contributed by atoms with E-state index in [1.54, 1.807) is 4.90 Å². The first-order valence-electron chi connectivity index (χ1n) is 7.03. The van der Waals surface area contributed by atoms with Crippen molar-refractivity contribution in [2.75, 3.05) is 24.6 Å². The fourth-order valence-corrected chi connectivity index (χ4v) is 3.40. The molecule has 1 fully saturated rings. The zero-order valence-corrected chi connectivity index (χ0v) is 13.0. The Hall–Kier alpha value is -1.69. The summed E-state index contributed by atoms with van der Waals surface area (Å²) in [5.74, 6) is -0.161. The number of hydrogen-bond acceptors (Lipinski definition) is 4. The van der Waals surface area contributed by atoms with Crippen molar-refractivity contribution in [2.24, 2.45) is 11.7 Å². The second-order valence-corrected chi connectivity index (χ2v) is 6.43. The van der Waals surface area contributed by atoms with E-state index in [0.717, 1.165) is 23.3 Å². The first kappa shape index (κ1) is 15.7. The summed E-state index contributed by atoms with van der Waals surface area (Å²) in [6.07, 6.45) is 1.60. The monoisotopic (exact) mass is 307 g/mol. The fraction of sp³-hybridized carbons (Fsp3) is 0.467. The number of likely N-dealkylation sites (tertiary alicyclic amines) is 1. The van der Waals surface area contributed by atoms with Crippen LogP contribution in [0.4, 0.5) is 5.69 Å². The molecule has 0 spiro atoms. The van der Waals surface area contributed by atoms with Gasteiger partial charge in [0.2, 0.25) is 11.8 Å². The van der Waals surface area contributed by atoms with Crippen LogP contribution in [-0.2, 0) is 9.59 Å². The SMILES string of the molecule is Cc1ccc(N)c(SCC(=O)N2CCCC(C(N)=O)C2)c1. The van der Waals surface area contributed by atoms with Crippen molar-refractivity contribution in [1.82, 2.24) is 4.90 Å². The van der Waals surface area contributed by atoms with E-state index in [4.69, 9.17) is 11.5 Å². The van der Waals surface area contributed by atoms with Gasteiger partial charge in [0.15, 0.2) is 0 Å². The molecule has 5 nitrogen and oxygen atoms in total. The Bertz CT molecular complexity index is 548. The molecule has 1 aliphatic rings. The molecule has 1 unspecified atom stereocenters. The lowest BCUT2D eigenvalue weighted by Gasteiger charge is -2.31. The number of nitrogen functional groups attached to an aromatic ring is 1. The van der Waals surface area contributed by atoms with Gasteiger partial charge in [0.25, 0.3) is 0 Å². The fourth-order valence-electron chi connectivity index (χ4n) is 2.43. The Balaban J connectivity index is 1.92. The minimum absolute atomic E-state index is 0.0341. The third kappa shape index (κ3) is 4.14. The zero-order valence-electron chi connectivity index (χ0n) is 12.2. The quantitative estimate of drug-likeness (QED) is 0.650. The van der Waals surface area contributed by atoms with E-state index in [9.17, 15) is 9.59 Å². The Labute approximate surface area is 129 Å². The molecule has 0 aromatic heterocycles. The van der Waals surface area contributed by atoms with Crippen LogP contribution in [0.15, 0.2) is 23.1 Å². The maximum absolute atomic E-state index is 12.2. The summed E-state index contributed by atoms with van der Waals surface area (Å²) in [6, 6.07) is 5.78. The number of thioether (sulfide) groups is 1. The maximum atomic E-state index is 12.2. The van der Waals surface area contributed by atoms with Gasteiger partial charge in [0, 0.05) is 23.7 Å². The van der Waals surface area contributed by atoms with Gasteiger partial charge in [-0.25, -0.2) is 0 Å². The molecule has 0 aliphatic carbocycles. The Morgan fingerprint density at radius 2 is 2.19 bits per heavy atom. The average Bonchev–Trinajstić information content (AvgIpc) is 2.48. The number of amides is 2. The second-order valence-electron chi connectivity index (χ2n) is 5.41. The Kier molecular flexibility index (Phi) is 5.12. The van der Waals surface area contributed by atoms with E-state index in [1.807, 2.05) is 25.1 Å². The van der Waals surface area contributed by atoms with Crippen LogP contribution >= 0.6 is 11.8 Å². The number of carbonyl (C=O) groups excluding carboxylic acids is 2. The Morgan fingerprint density at radius 1 is 1.43 bits per heavy atom. The number of nitrogens with zero attached hydrogens (tertiary/aromatic N) is 1. The number of carbonyl (C=O) groups is 2. The lowest BCUT2D eigenvalue weighted by Crippen LogP contribution is -2.44. The molecule has 1 atom stereocenters. The van der Waals surface area contributed by atoms with Crippen molar-refractivity contribution in [3.8, 4) is 0 Å². The van der Waals surface area contributed by atoms with Gasteiger partial charge in [-0.3, -0.25) is 9.59 Å². The van der Waals surface area contributed by atoms with Crippen LogP contribution in [0.2, 0.25) is 0 Å². The molecular weight excluding hydrogens is 286 g/mol. The summed E-state index contributed by atoms with van der Waals surface area (Å²) in [7, 11) is 0. The summed E-state index contributed by atoms with van der Waals surface area (Å²) in [5.41, 5.74) is 13.0. The van der Waals surface area contributed by atoms with Gasteiger partial charge in [-0.05, 0) is 37.5 Å². The van der Waals surface area contributed by atoms with Crippen LogP contribution < -0.4 is 11.5 Å². The number of piperidine rings is 1. The van der Waals surface area contributed by atoms with E-state index in [0.29, 0.717) is 24.5 Å². The molecule has 2 rings (SSSR count).